The van der Waals surface area contributed by atoms with Crippen molar-refractivity contribution in [2.24, 2.45) is 0 Å². The molecule has 8 saturated heterocycles. The van der Waals surface area contributed by atoms with Gasteiger partial charge in [-0.15, -0.1) is 0 Å². The molecule has 0 radical (unpaired) electrons. The summed E-state index contributed by atoms with van der Waals surface area (Å²) < 4.78 is 88.8. The number of ether oxygens (including phenoxy) is 15. The van der Waals surface area contributed by atoms with Gasteiger partial charge in [0.25, 0.3) is 0 Å². The Morgan fingerprint density at radius 2 is 0.620 bits per heavy atom. The van der Waals surface area contributed by atoms with Gasteiger partial charge in [-0.3, -0.25) is 19.2 Å². The van der Waals surface area contributed by atoms with E-state index in [1.54, 1.807) is 0 Å². The largest absolute Gasteiger partial charge is 0.394 e. The van der Waals surface area contributed by atoms with Crippen LogP contribution in [0.15, 0.2) is 0 Å². The number of aliphatic hydroxyl groups is 21. The second kappa shape index (κ2) is 35.7. The summed E-state index contributed by atoms with van der Waals surface area (Å²) in [6.07, 6.45) is -71.6. The van der Waals surface area contributed by atoms with Crippen molar-refractivity contribution >= 4 is 23.6 Å². The van der Waals surface area contributed by atoms with E-state index < -0.39 is 315 Å². The highest BCUT2D eigenvalue weighted by Crippen LogP contribution is 2.38. The van der Waals surface area contributed by atoms with E-state index in [2.05, 4.69) is 21.3 Å². The predicted molar refractivity (Wildman–Crippen MR) is 309 cm³/mol. The summed E-state index contributed by atoms with van der Waals surface area (Å²) in [5.41, 5.74) is 0. The van der Waals surface area contributed by atoms with Gasteiger partial charge < -0.3 is 200 Å². The molecule has 0 unspecified atom stereocenters. The van der Waals surface area contributed by atoms with Crippen LogP contribution in [0.25, 0.3) is 0 Å². The quantitative estimate of drug-likeness (QED) is 0.0404. The summed E-state index contributed by atoms with van der Waals surface area (Å²) >= 11 is 0. The van der Waals surface area contributed by atoms with E-state index in [-0.39, 0.29) is 0 Å². The van der Waals surface area contributed by atoms with E-state index in [1.165, 1.54) is 6.92 Å². The molecular formula is C56H94N4O40. The van der Waals surface area contributed by atoms with E-state index in [0.29, 0.717) is 0 Å². The topological polar surface area (TPSA) is 680 Å². The van der Waals surface area contributed by atoms with Crippen molar-refractivity contribution in [1.29, 1.82) is 0 Å². The SMILES string of the molecule is CC(=O)N[C@@H]1[C@@H](O)[C@H](O[C@@H]2O[C@H](CO)[C@@H](O[C@@H]3O[C@H](CO[C@H]4O[C@H](CO)[C@@H](O)[C@H](O)[C@@H]4O[C@@H]4O[C@H](CO)[C@@H](O)[C@H](O)[C@H]4NC(C)=O)[C@@H](O)[C@H](O[C@H]4O[C@H](CO)[C@@H](O)[C@H](O)[C@@H]4O[C@@H]4O[C@H](CO)[C@@H](O)[C@H](O)[C@H]4NC(C)=O)[C@@H]3O)[C@H](O)[C@H]2NC(C)=O)[C@@H](CO[C@H]2O[C@H](C)[C@H](O)[C@H](O)[C@H]2O)O[C@H]1O. The minimum absolute atomic E-state index is 0.809. The molecule has 0 aromatic carbocycles. The van der Waals surface area contributed by atoms with Gasteiger partial charge in [-0.05, 0) is 6.92 Å². The number of carbonyl (C=O) groups excluding carboxylic acids is 4. The Morgan fingerprint density at radius 1 is 0.280 bits per heavy atom. The summed E-state index contributed by atoms with van der Waals surface area (Å²) in [4.78, 5) is 50.2. The lowest BCUT2D eigenvalue weighted by molar-refractivity contribution is -0.396. The summed E-state index contributed by atoms with van der Waals surface area (Å²) in [6.45, 7) is -1.92. The average molecular weight is 1460 g/mol. The van der Waals surface area contributed by atoms with Crippen molar-refractivity contribution < 1.29 is 197 Å². The van der Waals surface area contributed by atoms with Gasteiger partial charge in [0, 0.05) is 27.7 Å². The second-order valence-corrected chi connectivity index (χ2v) is 25.4. The van der Waals surface area contributed by atoms with E-state index in [1.807, 2.05) is 0 Å². The molecule has 578 valence electrons. The molecule has 8 fully saturated rings. The Labute approximate surface area is 567 Å². The lowest BCUT2D eigenvalue weighted by atomic mass is 9.93. The first-order valence-electron chi connectivity index (χ1n) is 32.0. The van der Waals surface area contributed by atoms with Crippen LogP contribution in [0.5, 0.6) is 0 Å². The van der Waals surface area contributed by atoms with Crippen molar-refractivity contribution in [3.05, 3.63) is 0 Å². The van der Waals surface area contributed by atoms with Crippen LogP contribution >= 0.6 is 0 Å². The molecule has 44 nitrogen and oxygen atoms in total. The monoisotopic (exact) mass is 1460 g/mol. The summed E-state index contributed by atoms with van der Waals surface area (Å²) in [5.74, 6) is -3.42. The van der Waals surface area contributed by atoms with Crippen LogP contribution in [0.1, 0.15) is 34.6 Å². The first-order chi connectivity index (χ1) is 47.2. The summed E-state index contributed by atoms with van der Waals surface area (Å²) in [7, 11) is 0. The van der Waals surface area contributed by atoms with Crippen LogP contribution in [0.4, 0.5) is 0 Å². The number of hydrogen-bond acceptors (Lipinski definition) is 40. The van der Waals surface area contributed by atoms with Gasteiger partial charge in [-0.25, -0.2) is 0 Å². The maximum Gasteiger partial charge on any atom is 0.217 e. The van der Waals surface area contributed by atoms with Gasteiger partial charge in [0.05, 0.1) is 52.4 Å². The van der Waals surface area contributed by atoms with Crippen molar-refractivity contribution in [2.75, 3.05) is 46.2 Å². The second-order valence-electron chi connectivity index (χ2n) is 25.4. The van der Waals surface area contributed by atoms with Crippen LogP contribution in [-0.2, 0) is 90.2 Å². The molecule has 8 aliphatic heterocycles. The number of carbonyl (C=O) groups is 4. The third-order valence-electron chi connectivity index (χ3n) is 18.2. The molecule has 8 rings (SSSR count). The minimum Gasteiger partial charge on any atom is -0.394 e. The summed E-state index contributed by atoms with van der Waals surface area (Å²) in [6, 6.07) is -7.10. The van der Waals surface area contributed by atoms with Crippen molar-refractivity contribution in [1.82, 2.24) is 21.3 Å². The van der Waals surface area contributed by atoms with E-state index in [0.717, 1.165) is 27.7 Å². The highest BCUT2D eigenvalue weighted by Gasteiger charge is 2.60. The highest BCUT2D eigenvalue weighted by molar-refractivity contribution is 5.74. The van der Waals surface area contributed by atoms with Crippen molar-refractivity contribution in [3.8, 4) is 0 Å². The molecule has 100 heavy (non-hydrogen) atoms. The average Bonchev–Trinajstić information content (AvgIpc) is 0.770. The van der Waals surface area contributed by atoms with Gasteiger partial charge in [0.15, 0.2) is 50.3 Å². The van der Waals surface area contributed by atoms with Crippen LogP contribution in [-0.4, -0.2) is 423 Å². The lowest BCUT2D eigenvalue weighted by Gasteiger charge is -2.51. The fraction of sp³-hybridized carbons (Fsp3) is 0.929. The Kier molecular flexibility index (Phi) is 29.3. The van der Waals surface area contributed by atoms with E-state index in [9.17, 15) is 126 Å². The molecule has 0 aromatic rings. The first-order valence-corrected chi connectivity index (χ1v) is 32.0. The van der Waals surface area contributed by atoms with Gasteiger partial charge in [-0.1, -0.05) is 0 Å². The van der Waals surface area contributed by atoms with Gasteiger partial charge >= 0.3 is 0 Å². The Hall–Kier alpha value is -3.56. The maximum absolute atomic E-state index is 13.1. The number of amides is 4. The molecule has 25 N–H and O–H groups in total. The van der Waals surface area contributed by atoms with Crippen LogP contribution in [0.3, 0.4) is 0 Å². The van der Waals surface area contributed by atoms with Crippen LogP contribution < -0.4 is 21.3 Å². The molecule has 8 aliphatic rings. The van der Waals surface area contributed by atoms with Gasteiger partial charge in [0.1, 0.15) is 189 Å². The fourth-order valence-corrected chi connectivity index (χ4v) is 12.8. The zero-order chi connectivity index (χ0) is 73.8. The third kappa shape index (κ3) is 18.3. The molecule has 8 heterocycles. The minimum atomic E-state index is -2.50. The fourth-order valence-electron chi connectivity index (χ4n) is 12.8. The van der Waals surface area contributed by atoms with Crippen LogP contribution in [0, 0.1) is 0 Å². The number of aliphatic hydroxyl groups excluding tert-OH is 21. The molecule has 0 aliphatic carbocycles. The molecule has 0 bridgehead atoms. The number of hydrogen-bond donors (Lipinski definition) is 25. The Bertz CT molecular complexity index is 2620. The molecule has 0 saturated carbocycles. The van der Waals surface area contributed by atoms with E-state index >= 15 is 0 Å². The Morgan fingerprint density at radius 3 is 1.09 bits per heavy atom. The molecule has 0 spiro atoms. The number of nitrogens with one attached hydrogen (secondary N) is 4. The molecule has 44 heteroatoms. The lowest BCUT2D eigenvalue weighted by Crippen LogP contribution is -2.71. The van der Waals surface area contributed by atoms with Gasteiger partial charge in [0.2, 0.25) is 23.6 Å². The maximum atomic E-state index is 13.1. The highest BCUT2D eigenvalue weighted by atomic mass is 16.8. The standard InChI is InChI=1S/C56H94N4O40/c1-13-29(70)39(80)42(83)53(88-13)86-12-24-45(37(78)25(49(85)89-24)57-14(2)66)96-52-28(60-17(5)69)38(79)44(22(10-65)94-52)97-54-43(84)46(98-56-48(41(82)33(74)21(9-64)93-56)100-51-27(59-16(4)68)36(77)31(72)19(7-62)91-51)34(75)23(95-54)11-87-55-47(40(81)32(73)20(8-63)92-55)99-50-26(58-15(3)67)35(76)30(71)18(6-61)90-50/h13,18-56,61-65,70-85H,6-12H2,1-5H3,(H,57,66)(H,58,67)(H,59,68)(H,60,69)/t13-,18-,19-,20-,21-,22-,23-,24-,25-,26-,27-,28-,29+,30-,31-,32-,33-,34-,35-,36-,37-,38-,39+,40+,41+,42-,43+,44-,45-,46+,47+,48+,49-,50+,51+,52+,53+,54+,55+,56-/m1/s1. The van der Waals surface area contributed by atoms with Crippen molar-refractivity contribution in [3.63, 3.8) is 0 Å². The molecule has 40 atom stereocenters. The third-order valence-corrected chi connectivity index (χ3v) is 18.2. The zero-order valence-corrected chi connectivity index (χ0v) is 54.2. The predicted octanol–water partition coefficient (Wildman–Crippen LogP) is -16.8. The zero-order valence-electron chi connectivity index (χ0n) is 54.2. The molecule has 4 amide bonds. The van der Waals surface area contributed by atoms with Crippen molar-refractivity contribution in [2.45, 2.75) is 280 Å². The normalized spacial score (nSPS) is 48.7. The smallest absolute Gasteiger partial charge is 0.217 e. The number of rotatable bonds is 25. The van der Waals surface area contributed by atoms with E-state index in [4.69, 9.17) is 71.1 Å². The summed E-state index contributed by atoms with van der Waals surface area (Å²) in [5, 5.41) is 242. The Balaban J connectivity index is 1.14. The van der Waals surface area contributed by atoms with Crippen LogP contribution in [0.2, 0.25) is 0 Å². The molecule has 0 aromatic heterocycles. The van der Waals surface area contributed by atoms with Gasteiger partial charge in [-0.2, -0.15) is 0 Å². The first kappa shape index (κ1) is 82.1. The molecular weight excluding hydrogens is 1370 g/mol.